The van der Waals surface area contributed by atoms with E-state index >= 15 is 4.79 Å². The molecular formula is C56H67N11O9S2. The Morgan fingerprint density at radius 3 is 1.59 bits per heavy atom. The van der Waals surface area contributed by atoms with Gasteiger partial charge in [0.1, 0.15) is 36.3 Å². The van der Waals surface area contributed by atoms with Gasteiger partial charge in [-0.05, 0) is 67.1 Å². The molecule has 1 fully saturated rings. The number of unbranched alkanes of at least 4 members (excludes halogenated alkanes) is 1. The van der Waals surface area contributed by atoms with Crippen LogP contribution in [0.1, 0.15) is 48.4 Å². The number of amides is 8. The van der Waals surface area contributed by atoms with Crippen molar-refractivity contribution >= 4 is 90.7 Å². The molecule has 1 saturated heterocycles. The third-order valence-corrected chi connectivity index (χ3v) is 15.6. The summed E-state index contributed by atoms with van der Waals surface area (Å²) in [5.74, 6) is -5.92. The summed E-state index contributed by atoms with van der Waals surface area (Å²) in [7, 11) is 2.36. The first kappa shape index (κ1) is 58.0. The molecule has 0 bridgehead atoms. The minimum atomic E-state index is -1.66. The lowest BCUT2D eigenvalue weighted by Gasteiger charge is -2.30. The lowest BCUT2D eigenvalue weighted by Crippen LogP contribution is -2.62. The molecule has 0 unspecified atom stereocenters. The van der Waals surface area contributed by atoms with Crippen LogP contribution in [0, 0.1) is 0 Å². The van der Waals surface area contributed by atoms with E-state index in [-0.39, 0.29) is 56.7 Å². The molecule has 0 saturated carbocycles. The third-order valence-electron chi connectivity index (χ3n) is 13.3. The molecule has 78 heavy (non-hydrogen) atoms. The average molecular weight is 1100 g/mol. The second-order valence-electron chi connectivity index (χ2n) is 19.2. The second kappa shape index (κ2) is 28.6. The standard InChI is InChI=1S/C56H67N11O9S2/c1-34(68)50-55(75)65-47(27-36-16-6-3-7-17-36)56(76)67(32-48(58)69)24-25-77-78-33-49(70)61-44(26-35-14-4-2-5-15-35)52(72)63-46(29-38-31-60-42-21-11-9-19-40(38)42)54(74)64-45(28-37-30-59-41-20-10-8-18-39(37)41)53(73)62-43(51(71)66-50)22-12-13-23-57/h2-11,14-21,30-31,34,43-47,50,59-60,68H,12-13,22-29,32-33,57H2,1H3,(H2,58,69)(H,61,70)(H,62,73)(H,63,72)(H,64,74)(H,65,75)(H,66,71)/t34-,43+,44+,45-,46+,47+,50+/m1/s1. The Morgan fingerprint density at radius 2 is 1.06 bits per heavy atom. The molecule has 412 valence electrons. The zero-order valence-electron chi connectivity index (χ0n) is 43.2. The minimum Gasteiger partial charge on any atom is -0.391 e. The highest BCUT2D eigenvalue weighted by atomic mass is 33.1. The number of fused-ring (bicyclic) bond motifs is 2. The Hall–Kier alpha value is -7.66. The Bertz CT molecular complexity index is 3030. The zero-order chi connectivity index (χ0) is 55.6. The zero-order valence-corrected chi connectivity index (χ0v) is 44.8. The van der Waals surface area contributed by atoms with Crippen molar-refractivity contribution in [1.29, 1.82) is 0 Å². The molecule has 20 nitrogen and oxygen atoms in total. The molecule has 8 amide bonds. The number of aromatic amines is 2. The van der Waals surface area contributed by atoms with E-state index in [0.29, 0.717) is 29.5 Å². The van der Waals surface area contributed by atoms with E-state index in [1.54, 1.807) is 54.9 Å². The predicted octanol–water partition coefficient (Wildman–Crippen LogP) is 2.05. The SMILES string of the molecule is C[C@@H](O)[C@@H]1NC(=O)[C@H](CCCCN)NC(=O)[C@@H](Cc2c[nH]c3ccccc23)NC(=O)[C@H](Cc2c[nH]c3ccccc23)NC(=O)[C@H](Cc2ccccc2)NC(=O)CSSCCN(CC(N)=O)C(=O)[C@H](Cc2ccccc2)NC1=O. The number of rotatable bonds is 15. The van der Waals surface area contributed by atoms with Crippen LogP contribution in [0.25, 0.3) is 21.8 Å². The average Bonchev–Trinajstić information content (AvgIpc) is 4.05. The molecule has 22 heteroatoms. The first-order valence-electron chi connectivity index (χ1n) is 25.9. The van der Waals surface area contributed by atoms with Crippen LogP contribution in [-0.2, 0) is 64.0 Å². The van der Waals surface area contributed by atoms with Gasteiger partial charge in [-0.15, -0.1) is 0 Å². The number of benzene rings is 4. The van der Waals surface area contributed by atoms with Gasteiger partial charge in [-0.1, -0.05) is 119 Å². The van der Waals surface area contributed by atoms with E-state index in [2.05, 4.69) is 41.9 Å². The van der Waals surface area contributed by atoms with Gasteiger partial charge in [0.15, 0.2) is 0 Å². The Labute approximate surface area is 459 Å². The maximum Gasteiger partial charge on any atom is 0.245 e. The number of hydrogen-bond donors (Lipinski definition) is 11. The van der Waals surface area contributed by atoms with Crippen LogP contribution in [0.4, 0.5) is 0 Å². The largest absolute Gasteiger partial charge is 0.391 e. The summed E-state index contributed by atoms with van der Waals surface area (Å²) in [6.07, 6.45) is 2.63. The summed E-state index contributed by atoms with van der Waals surface area (Å²) in [6.45, 7) is 1.00. The van der Waals surface area contributed by atoms with Gasteiger partial charge in [-0.2, -0.15) is 0 Å². The van der Waals surface area contributed by atoms with E-state index < -0.39 is 96.2 Å². The number of H-pyrrole nitrogens is 2. The van der Waals surface area contributed by atoms with E-state index in [4.69, 9.17) is 11.5 Å². The van der Waals surface area contributed by atoms with E-state index in [1.165, 1.54) is 22.6 Å². The van der Waals surface area contributed by atoms with Crippen LogP contribution in [0.2, 0.25) is 0 Å². The molecule has 7 rings (SSSR count). The Morgan fingerprint density at radius 1 is 0.590 bits per heavy atom. The lowest BCUT2D eigenvalue weighted by atomic mass is 10.00. The number of aliphatic hydroxyl groups is 1. The molecule has 7 atom stereocenters. The number of carbonyl (C=O) groups is 8. The van der Waals surface area contributed by atoms with E-state index in [1.807, 2.05) is 66.7 Å². The molecule has 6 aromatic rings. The van der Waals surface area contributed by atoms with Crippen molar-refractivity contribution in [3.63, 3.8) is 0 Å². The Balaban J connectivity index is 1.28. The molecule has 4 aromatic carbocycles. The van der Waals surface area contributed by atoms with Crippen molar-refractivity contribution in [3.8, 4) is 0 Å². The van der Waals surface area contributed by atoms with Gasteiger partial charge < -0.3 is 63.3 Å². The monoisotopic (exact) mass is 1100 g/mol. The van der Waals surface area contributed by atoms with Crippen LogP contribution < -0.4 is 43.4 Å². The third kappa shape index (κ3) is 16.4. The number of primary amides is 1. The molecule has 2 aromatic heterocycles. The summed E-state index contributed by atoms with van der Waals surface area (Å²) in [5, 5.41) is 29.5. The number of hydrogen-bond acceptors (Lipinski definition) is 12. The van der Waals surface area contributed by atoms with Gasteiger partial charge in [-0.25, -0.2) is 0 Å². The lowest BCUT2D eigenvalue weighted by molar-refractivity contribution is -0.140. The van der Waals surface area contributed by atoms with Gasteiger partial charge in [-0.3, -0.25) is 38.4 Å². The summed E-state index contributed by atoms with van der Waals surface area (Å²) in [6, 6.07) is 24.5. The molecule has 1 aliphatic heterocycles. The number of aromatic nitrogens is 2. The van der Waals surface area contributed by atoms with Crippen LogP contribution >= 0.6 is 21.6 Å². The number of aliphatic hydroxyl groups excluding tert-OH is 1. The number of nitrogens with two attached hydrogens (primary N) is 2. The predicted molar refractivity (Wildman–Crippen MR) is 301 cm³/mol. The molecule has 13 N–H and O–H groups in total. The minimum absolute atomic E-state index is 0.0257. The Kier molecular flexibility index (Phi) is 21.3. The normalized spacial score (nSPS) is 21.5. The smallest absolute Gasteiger partial charge is 0.245 e. The van der Waals surface area contributed by atoms with E-state index in [9.17, 15) is 38.7 Å². The molecule has 3 heterocycles. The van der Waals surface area contributed by atoms with Crippen LogP contribution in [0.15, 0.2) is 122 Å². The maximum atomic E-state index is 15.1. The molecule has 0 spiro atoms. The molecule has 0 radical (unpaired) electrons. The fourth-order valence-electron chi connectivity index (χ4n) is 9.28. The number of para-hydroxylation sites is 2. The van der Waals surface area contributed by atoms with E-state index in [0.717, 1.165) is 38.2 Å². The van der Waals surface area contributed by atoms with Crippen molar-refractivity contribution in [1.82, 2.24) is 46.8 Å². The van der Waals surface area contributed by atoms with Crippen molar-refractivity contribution < 1.29 is 43.5 Å². The summed E-state index contributed by atoms with van der Waals surface area (Å²) < 4.78 is 0. The van der Waals surface area contributed by atoms with Gasteiger partial charge in [0.2, 0.25) is 47.3 Å². The van der Waals surface area contributed by atoms with Crippen LogP contribution in [-0.4, -0.2) is 141 Å². The quantitative estimate of drug-likeness (QED) is 0.0520. The van der Waals surface area contributed by atoms with Gasteiger partial charge in [0.25, 0.3) is 0 Å². The summed E-state index contributed by atoms with van der Waals surface area (Å²) >= 11 is 0. The van der Waals surface area contributed by atoms with Gasteiger partial charge in [0, 0.05) is 72.2 Å². The fourth-order valence-corrected chi connectivity index (χ4v) is 11.1. The summed E-state index contributed by atoms with van der Waals surface area (Å²) in [5.41, 5.74) is 15.8. The summed E-state index contributed by atoms with van der Waals surface area (Å²) in [4.78, 5) is 122. The molecule has 0 aliphatic carbocycles. The van der Waals surface area contributed by atoms with Crippen molar-refractivity contribution in [2.45, 2.75) is 94.2 Å². The first-order chi connectivity index (χ1) is 37.7. The molecule has 1 aliphatic rings. The fraction of sp³-hybridized carbons (Fsp3) is 0.357. The highest BCUT2D eigenvalue weighted by molar-refractivity contribution is 8.76. The van der Waals surface area contributed by atoms with Crippen molar-refractivity contribution in [2.75, 3.05) is 31.1 Å². The van der Waals surface area contributed by atoms with Gasteiger partial charge >= 0.3 is 0 Å². The topological polar surface area (TPSA) is 316 Å². The first-order valence-corrected chi connectivity index (χ1v) is 28.3. The van der Waals surface area contributed by atoms with Gasteiger partial charge in [0.05, 0.1) is 18.4 Å². The van der Waals surface area contributed by atoms with Crippen molar-refractivity contribution in [2.24, 2.45) is 11.5 Å². The van der Waals surface area contributed by atoms with Crippen LogP contribution in [0.5, 0.6) is 0 Å². The second-order valence-corrected chi connectivity index (χ2v) is 21.8. The number of nitrogens with one attached hydrogen (secondary N) is 8. The number of nitrogens with zero attached hydrogens (tertiary/aromatic N) is 1. The maximum absolute atomic E-state index is 15.1. The highest BCUT2D eigenvalue weighted by Gasteiger charge is 2.36. The number of carbonyl (C=O) groups excluding carboxylic acids is 8. The van der Waals surface area contributed by atoms with Crippen LogP contribution in [0.3, 0.4) is 0 Å². The molecular weight excluding hydrogens is 1030 g/mol. The van der Waals surface area contributed by atoms with Crippen molar-refractivity contribution in [3.05, 3.63) is 144 Å². The highest BCUT2D eigenvalue weighted by Crippen LogP contribution is 2.24.